The van der Waals surface area contributed by atoms with E-state index in [0.717, 1.165) is 38.3 Å². The van der Waals surface area contributed by atoms with E-state index in [1.165, 1.54) is 0 Å². The molecule has 0 spiro atoms. The summed E-state index contributed by atoms with van der Waals surface area (Å²) < 4.78 is 1.03. The molecule has 0 atom stereocenters. The topological polar surface area (TPSA) is 59.2 Å². The Morgan fingerprint density at radius 1 is 1.10 bits per heavy atom. The van der Waals surface area contributed by atoms with Crippen LogP contribution >= 0.6 is 15.9 Å². The minimum absolute atomic E-state index is 0.725. The van der Waals surface area contributed by atoms with Crippen molar-refractivity contribution in [2.45, 2.75) is 0 Å². The van der Waals surface area contributed by atoms with Crippen LogP contribution in [0, 0.1) is 0 Å². The number of hydrogen-bond acceptors (Lipinski definition) is 4. The van der Waals surface area contributed by atoms with Gasteiger partial charge in [-0.25, -0.2) is 0 Å². The van der Waals surface area contributed by atoms with E-state index in [1.54, 1.807) is 6.26 Å². The van der Waals surface area contributed by atoms with Crippen LogP contribution in [0.5, 0.6) is 0 Å². The number of nitrogens with zero attached hydrogens (tertiary/aromatic N) is 1. The van der Waals surface area contributed by atoms with Crippen molar-refractivity contribution in [2.75, 3.05) is 0 Å². The van der Waals surface area contributed by atoms with Crippen LogP contribution < -0.4 is 5.64 Å². The first kappa shape index (κ1) is 12.4. The number of aromatic amines is 1. The molecule has 104 valence electrons. The summed E-state index contributed by atoms with van der Waals surface area (Å²) in [6, 6.07) is 10.1. The van der Waals surface area contributed by atoms with Crippen molar-refractivity contribution in [1.29, 1.82) is 0 Å². The highest BCUT2D eigenvalue weighted by Gasteiger charge is 2.20. The molecule has 1 aromatic carbocycles. The first-order valence-electron chi connectivity index (χ1n) is 6.33. The average molecular weight is 344 g/mol. The normalized spacial score (nSPS) is 16.3. The van der Waals surface area contributed by atoms with Crippen molar-refractivity contribution in [1.82, 2.24) is 15.8 Å². The maximum absolute atomic E-state index is 5.19. The first-order valence-corrected chi connectivity index (χ1v) is 7.12. The van der Waals surface area contributed by atoms with E-state index < -0.39 is 0 Å². The second kappa shape index (κ2) is 4.91. The molecule has 2 heterocycles. The van der Waals surface area contributed by atoms with Gasteiger partial charge in [0.25, 0.3) is 0 Å². The highest BCUT2D eigenvalue weighted by molar-refractivity contribution is 9.10. The van der Waals surface area contributed by atoms with Crippen LogP contribution in [-0.2, 0) is 9.68 Å². The Balaban J connectivity index is 1.68. The predicted octanol–water partition coefficient (Wildman–Crippen LogP) is 3.47. The van der Waals surface area contributed by atoms with E-state index in [1.807, 2.05) is 42.5 Å². The van der Waals surface area contributed by atoms with Crippen molar-refractivity contribution in [3.63, 3.8) is 0 Å². The third-order valence-electron chi connectivity index (χ3n) is 3.28. The van der Waals surface area contributed by atoms with E-state index in [4.69, 9.17) is 9.68 Å². The monoisotopic (exact) mass is 343 g/mol. The lowest BCUT2D eigenvalue weighted by Gasteiger charge is -2.12. The zero-order valence-electron chi connectivity index (χ0n) is 10.8. The van der Waals surface area contributed by atoms with Gasteiger partial charge < -0.3 is 9.68 Å². The fourth-order valence-corrected chi connectivity index (χ4v) is 2.66. The highest BCUT2D eigenvalue weighted by Crippen LogP contribution is 2.32. The van der Waals surface area contributed by atoms with Gasteiger partial charge in [0, 0.05) is 21.3 Å². The van der Waals surface area contributed by atoms with Gasteiger partial charge in [-0.1, -0.05) is 28.1 Å². The summed E-state index contributed by atoms with van der Waals surface area (Å²) in [7, 11) is 0. The predicted molar refractivity (Wildman–Crippen MR) is 81.2 cm³/mol. The van der Waals surface area contributed by atoms with Crippen molar-refractivity contribution < 1.29 is 9.68 Å². The van der Waals surface area contributed by atoms with Crippen LogP contribution in [0.3, 0.4) is 0 Å². The quantitative estimate of drug-likeness (QED) is 0.876. The van der Waals surface area contributed by atoms with Gasteiger partial charge in [0.05, 0.1) is 17.0 Å². The summed E-state index contributed by atoms with van der Waals surface area (Å²) in [5, 5.41) is 7.42. The maximum atomic E-state index is 5.19. The number of hydrogen-bond donors (Lipinski definition) is 2. The molecule has 0 fully saturated rings. The molecular weight excluding hydrogens is 334 g/mol. The molecule has 1 aliphatic carbocycles. The molecule has 4 rings (SSSR count). The molecular formula is C15H10BrN3O2. The summed E-state index contributed by atoms with van der Waals surface area (Å²) in [6.07, 6.45) is 5.49. The van der Waals surface area contributed by atoms with Crippen molar-refractivity contribution in [3.8, 4) is 11.3 Å². The number of H-pyrrole nitrogens is 1. The number of halogens is 1. The number of nitrogens with one attached hydrogen (secondary N) is 2. The van der Waals surface area contributed by atoms with Crippen molar-refractivity contribution >= 4 is 21.5 Å². The SMILES string of the molecule is Brc1cccc(-c2cc(C3=CC4=CONOC4=C3)n[nH]2)c1. The van der Waals surface area contributed by atoms with E-state index in [-0.39, 0.29) is 0 Å². The van der Waals surface area contributed by atoms with Crippen LogP contribution in [0.25, 0.3) is 16.8 Å². The molecule has 0 amide bonds. The molecule has 21 heavy (non-hydrogen) atoms. The minimum atomic E-state index is 0.725. The highest BCUT2D eigenvalue weighted by atomic mass is 79.9. The smallest absolute Gasteiger partial charge is 0.162 e. The van der Waals surface area contributed by atoms with Gasteiger partial charge >= 0.3 is 0 Å². The lowest BCUT2D eigenvalue weighted by molar-refractivity contribution is -0.111. The summed E-state index contributed by atoms with van der Waals surface area (Å²) in [4.78, 5) is 10.1. The number of fused-ring (bicyclic) bond motifs is 1. The second-order valence-corrected chi connectivity index (χ2v) is 5.58. The van der Waals surface area contributed by atoms with Crippen LogP contribution in [0.2, 0.25) is 0 Å². The molecule has 6 heteroatoms. The second-order valence-electron chi connectivity index (χ2n) is 4.66. The van der Waals surface area contributed by atoms with E-state index in [9.17, 15) is 0 Å². The molecule has 2 N–H and O–H groups in total. The molecule has 0 radical (unpaired) electrons. The molecule has 2 aliphatic rings. The first-order chi connectivity index (χ1) is 10.3. The van der Waals surface area contributed by atoms with Gasteiger partial charge in [0.2, 0.25) is 0 Å². The van der Waals surface area contributed by atoms with Crippen LogP contribution in [0.1, 0.15) is 5.69 Å². The Morgan fingerprint density at radius 3 is 2.90 bits per heavy atom. The minimum Gasteiger partial charge on any atom is -0.381 e. The molecule has 0 saturated carbocycles. The van der Waals surface area contributed by atoms with Gasteiger partial charge in [0.1, 0.15) is 6.26 Å². The molecule has 1 aliphatic heterocycles. The zero-order chi connectivity index (χ0) is 14.2. The maximum Gasteiger partial charge on any atom is 0.162 e. The number of aromatic nitrogens is 2. The Kier molecular flexibility index (Phi) is 2.90. The molecule has 0 bridgehead atoms. The summed E-state index contributed by atoms with van der Waals surface area (Å²) in [5.74, 6) is 0.725. The summed E-state index contributed by atoms with van der Waals surface area (Å²) in [5.41, 5.74) is 7.11. The van der Waals surface area contributed by atoms with Crippen LogP contribution in [-0.4, -0.2) is 10.2 Å². The van der Waals surface area contributed by atoms with Gasteiger partial charge in [-0.05, 0) is 30.4 Å². The van der Waals surface area contributed by atoms with Crippen LogP contribution in [0.4, 0.5) is 0 Å². The van der Waals surface area contributed by atoms with Crippen molar-refractivity contribution in [3.05, 3.63) is 70.2 Å². The van der Waals surface area contributed by atoms with Crippen LogP contribution in [0.15, 0.2) is 64.6 Å². The lowest BCUT2D eigenvalue weighted by Crippen LogP contribution is -2.16. The van der Waals surface area contributed by atoms with Gasteiger partial charge in [-0.15, -0.1) is 0 Å². The molecule has 0 unspecified atom stereocenters. The Hall–Kier alpha value is -2.31. The molecule has 5 nitrogen and oxygen atoms in total. The van der Waals surface area contributed by atoms with Crippen molar-refractivity contribution in [2.24, 2.45) is 0 Å². The number of benzene rings is 1. The Bertz CT molecular complexity index is 805. The van der Waals surface area contributed by atoms with E-state index in [2.05, 4.69) is 31.8 Å². The number of rotatable bonds is 2. The Labute approximate surface area is 129 Å². The largest absolute Gasteiger partial charge is 0.381 e. The fourth-order valence-electron chi connectivity index (χ4n) is 2.26. The summed E-state index contributed by atoms with van der Waals surface area (Å²) in [6.45, 7) is 0. The van der Waals surface area contributed by atoms with E-state index >= 15 is 0 Å². The zero-order valence-corrected chi connectivity index (χ0v) is 12.3. The van der Waals surface area contributed by atoms with Gasteiger partial charge in [0.15, 0.2) is 5.76 Å². The molecule has 2 aromatic rings. The van der Waals surface area contributed by atoms with Gasteiger partial charge in [-0.3, -0.25) is 5.10 Å². The van der Waals surface area contributed by atoms with E-state index in [0.29, 0.717) is 0 Å². The average Bonchev–Trinajstić information content (AvgIpc) is 3.14. The Morgan fingerprint density at radius 2 is 2.05 bits per heavy atom. The third-order valence-corrected chi connectivity index (χ3v) is 3.77. The molecule has 0 saturated heterocycles. The fraction of sp³-hybridized carbons (Fsp3) is 0. The third kappa shape index (κ3) is 2.28. The standard InChI is InChI=1S/C15H10BrN3O2/c16-12-3-1-2-9(5-12)13-7-14(18-17-13)10-4-11-8-20-19-21-15(11)6-10/h1-8,19H,(H,17,18). The lowest BCUT2D eigenvalue weighted by atomic mass is 10.1. The molecule has 1 aromatic heterocycles. The van der Waals surface area contributed by atoms with Gasteiger partial charge in [-0.2, -0.15) is 5.10 Å². The number of allylic oxidation sites excluding steroid dienone is 3. The summed E-state index contributed by atoms with van der Waals surface area (Å²) >= 11 is 3.47.